The highest BCUT2D eigenvalue weighted by Crippen LogP contribution is 2.41. The van der Waals surface area contributed by atoms with Crippen molar-refractivity contribution in [2.24, 2.45) is 0 Å². The quantitative estimate of drug-likeness (QED) is 0.383. The third-order valence-corrected chi connectivity index (χ3v) is 6.40. The van der Waals surface area contributed by atoms with Gasteiger partial charge in [0.1, 0.15) is 22.0 Å². The highest BCUT2D eigenvalue weighted by atomic mass is 127. The maximum Gasteiger partial charge on any atom is 0.184 e. The topological polar surface area (TPSA) is 70.0 Å². The largest absolute Gasteiger partial charge is 0.394 e. The van der Waals surface area contributed by atoms with E-state index >= 15 is 0 Å². The van der Waals surface area contributed by atoms with Crippen molar-refractivity contribution >= 4 is 22.6 Å². The van der Waals surface area contributed by atoms with Gasteiger partial charge in [-0.3, -0.25) is 4.98 Å². The molecule has 166 valence electrons. The first-order valence-corrected chi connectivity index (χ1v) is 11.7. The van der Waals surface area contributed by atoms with E-state index in [9.17, 15) is 5.11 Å². The Labute approximate surface area is 200 Å². The van der Waals surface area contributed by atoms with Crippen LogP contribution in [-0.2, 0) is 25.4 Å². The third-order valence-electron chi connectivity index (χ3n) is 5.76. The summed E-state index contributed by atoms with van der Waals surface area (Å²) in [5.41, 5.74) is 2.86. The van der Waals surface area contributed by atoms with Crippen molar-refractivity contribution in [2.45, 2.75) is 43.4 Å². The second-order valence-corrected chi connectivity index (χ2v) is 9.02. The van der Waals surface area contributed by atoms with E-state index in [0.29, 0.717) is 6.42 Å². The summed E-state index contributed by atoms with van der Waals surface area (Å²) in [6.07, 6.45) is -0.425. The molecule has 0 amide bonds. The number of nitrogens with zero attached hydrogens (tertiary/aromatic N) is 1. The van der Waals surface area contributed by atoms with E-state index in [0.717, 1.165) is 20.4 Å². The van der Waals surface area contributed by atoms with Crippen LogP contribution < -0.4 is 0 Å². The number of benzene rings is 2. The van der Waals surface area contributed by atoms with Crippen LogP contribution in [0.15, 0.2) is 79.0 Å². The predicted molar refractivity (Wildman–Crippen MR) is 126 cm³/mol. The molecule has 6 unspecified atom stereocenters. The van der Waals surface area contributed by atoms with E-state index in [2.05, 4.69) is 33.6 Å². The molecule has 0 radical (unpaired) electrons. The molecule has 5 rings (SSSR count). The molecule has 2 aliphatic rings. The minimum absolute atomic E-state index is 0.173. The summed E-state index contributed by atoms with van der Waals surface area (Å²) >= 11 is 2.19. The van der Waals surface area contributed by atoms with Crippen molar-refractivity contribution in [3.8, 4) is 0 Å². The Kier molecular flexibility index (Phi) is 6.82. The van der Waals surface area contributed by atoms with Gasteiger partial charge in [0.25, 0.3) is 0 Å². The van der Waals surface area contributed by atoms with Crippen LogP contribution in [0, 0.1) is 3.70 Å². The van der Waals surface area contributed by atoms with Gasteiger partial charge in [-0.1, -0.05) is 66.7 Å². The van der Waals surface area contributed by atoms with Gasteiger partial charge in [-0.2, -0.15) is 0 Å². The number of ether oxygens (including phenoxy) is 4. The Morgan fingerprint density at radius 3 is 1.81 bits per heavy atom. The van der Waals surface area contributed by atoms with Gasteiger partial charge in [0.2, 0.25) is 0 Å². The second kappa shape index (κ2) is 9.94. The Hall–Kier alpha value is -1.88. The molecule has 2 aliphatic heterocycles. The number of fused-ring (bicyclic) bond motifs is 1. The Morgan fingerprint density at radius 2 is 1.28 bits per heavy atom. The molecule has 7 heteroatoms. The summed E-state index contributed by atoms with van der Waals surface area (Å²) in [7, 11) is 0. The van der Waals surface area contributed by atoms with Gasteiger partial charge < -0.3 is 24.1 Å². The molecule has 0 aliphatic carbocycles. The van der Waals surface area contributed by atoms with Gasteiger partial charge in [-0.15, -0.1) is 0 Å². The number of aliphatic hydroxyl groups excluding tert-OH is 1. The summed E-state index contributed by atoms with van der Waals surface area (Å²) in [5.74, 6) is 0. The summed E-state index contributed by atoms with van der Waals surface area (Å²) < 4.78 is 26.2. The van der Waals surface area contributed by atoms with Gasteiger partial charge in [0, 0.05) is 23.7 Å². The maximum atomic E-state index is 10.1. The molecule has 6 atom stereocenters. The van der Waals surface area contributed by atoms with Crippen LogP contribution >= 0.6 is 22.6 Å². The fraction of sp³-hybridized carbons (Fsp3) is 0.320. The smallest absolute Gasteiger partial charge is 0.184 e. The zero-order chi connectivity index (χ0) is 21.9. The molecule has 6 nitrogen and oxygen atoms in total. The minimum Gasteiger partial charge on any atom is -0.394 e. The van der Waals surface area contributed by atoms with E-state index in [1.807, 2.05) is 72.9 Å². The maximum absolute atomic E-state index is 10.1. The first-order chi connectivity index (χ1) is 15.7. The predicted octanol–water partition coefficient (Wildman–Crippen LogP) is 4.19. The Balaban J connectivity index is 1.46. The van der Waals surface area contributed by atoms with E-state index in [4.69, 9.17) is 18.9 Å². The lowest BCUT2D eigenvalue weighted by Crippen LogP contribution is -2.59. The summed E-state index contributed by atoms with van der Waals surface area (Å²) in [5, 5.41) is 10.1. The zero-order valence-electron chi connectivity index (χ0n) is 17.3. The van der Waals surface area contributed by atoms with Crippen LogP contribution in [0.5, 0.6) is 0 Å². The van der Waals surface area contributed by atoms with Crippen molar-refractivity contribution < 1.29 is 24.1 Å². The molecule has 3 heterocycles. The van der Waals surface area contributed by atoms with Gasteiger partial charge in [-0.25, -0.2) is 0 Å². The number of rotatable bonds is 5. The van der Waals surface area contributed by atoms with Crippen LogP contribution in [-0.4, -0.2) is 41.1 Å². The lowest BCUT2D eigenvalue weighted by atomic mass is 9.94. The molecule has 32 heavy (non-hydrogen) atoms. The van der Waals surface area contributed by atoms with Crippen LogP contribution in [0.2, 0.25) is 0 Å². The van der Waals surface area contributed by atoms with Gasteiger partial charge in [0.15, 0.2) is 12.6 Å². The molecule has 1 aromatic heterocycles. The van der Waals surface area contributed by atoms with Crippen molar-refractivity contribution in [1.29, 1.82) is 0 Å². The highest BCUT2D eigenvalue weighted by molar-refractivity contribution is 14.1. The van der Waals surface area contributed by atoms with E-state index in [1.165, 1.54) is 0 Å². The molecular formula is C25H24INO5. The molecule has 2 fully saturated rings. The normalized spacial score (nSPS) is 29.9. The van der Waals surface area contributed by atoms with Crippen molar-refractivity contribution in [3.05, 3.63) is 99.4 Å². The average molecular weight is 545 g/mol. The first-order valence-electron chi connectivity index (χ1n) is 10.6. The minimum atomic E-state index is -0.604. The van der Waals surface area contributed by atoms with Gasteiger partial charge in [0.05, 0.1) is 12.7 Å². The molecule has 0 saturated carbocycles. The fourth-order valence-corrected chi connectivity index (χ4v) is 4.50. The fourth-order valence-electron chi connectivity index (χ4n) is 4.18. The second-order valence-electron chi connectivity index (χ2n) is 7.91. The standard InChI is InChI=1S/C25H24INO5/c26-21-12-11-16(14-27-21)13-19-22-23(32-24(29-19)17-7-3-1-4-8-17)20(15-28)30-25(31-22)18-9-5-2-6-10-18/h1-12,14,19-20,22-25,28H,13,15H2. The van der Waals surface area contributed by atoms with E-state index in [-0.39, 0.29) is 12.7 Å². The van der Waals surface area contributed by atoms with E-state index < -0.39 is 30.9 Å². The number of aromatic nitrogens is 1. The lowest BCUT2D eigenvalue weighted by Gasteiger charge is -2.49. The van der Waals surface area contributed by atoms with Crippen molar-refractivity contribution in [2.75, 3.05) is 6.61 Å². The number of pyridine rings is 1. The van der Waals surface area contributed by atoms with Gasteiger partial charge >= 0.3 is 0 Å². The first kappa shape index (κ1) is 21.9. The van der Waals surface area contributed by atoms with E-state index in [1.54, 1.807) is 0 Å². The number of hydrogen-bond donors (Lipinski definition) is 1. The number of hydrogen-bond acceptors (Lipinski definition) is 6. The summed E-state index contributed by atoms with van der Waals surface area (Å²) in [6, 6.07) is 23.6. The van der Waals surface area contributed by atoms with Crippen LogP contribution in [0.3, 0.4) is 0 Å². The number of aliphatic hydroxyl groups is 1. The SMILES string of the molecule is OCC1OC(c2ccccc2)OC2C(Cc3ccc(I)nc3)OC(c3ccccc3)OC12. The third kappa shape index (κ3) is 4.73. The summed E-state index contributed by atoms with van der Waals surface area (Å²) in [4.78, 5) is 4.41. The van der Waals surface area contributed by atoms with Crippen LogP contribution in [0.1, 0.15) is 29.3 Å². The lowest BCUT2D eigenvalue weighted by molar-refractivity contribution is -0.384. The molecule has 2 aromatic carbocycles. The van der Waals surface area contributed by atoms with Crippen LogP contribution in [0.25, 0.3) is 0 Å². The summed E-state index contributed by atoms with van der Waals surface area (Å²) in [6.45, 7) is -0.173. The molecule has 0 bridgehead atoms. The molecule has 3 aromatic rings. The van der Waals surface area contributed by atoms with Gasteiger partial charge in [-0.05, 0) is 34.2 Å². The Morgan fingerprint density at radius 1 is 0.719 bits per heavy atom. The molecule has 1 N–H and O–H groups in total. The Bertz CT molecular complexity index is 1000. The average Bonchev–Trinajstić information content (AvgIpc) is 2.86. The highest BCUT2D eigenvalue weighted by Gasteiger charge is 2.49. The number of halogens is 1. The monoisotopic (exact) mass is 545 g/mol. The molecular weight excluding hydrogens is 521 g/mol. The van der Waals surface area contributed by atoms with Crippen LogP contribution in [0.4, 0.5) is 0 Å². The zero-order valence-corrected chi connectivity index (χ0v) is 19.4. The van der Waals surface area contributed by atoms with Crippen molar-refractivity contribution in [3.63, 3.8) is 0 Å². The molecule has 0 spiro atoms. The molecule has 2 saturated heterocycles. The van der Waals surface area contributed by atoms with Crippen molar-refractivity contribution in [1.82, 2.24) is 4.98 Å².